The molecule has 5 rings (SSSR count). The second kappa shape index (κ2) is 16.6. The van der Waals surface area contributed by atoms with Crippen molar-refractivity contribution in [1.29, 1.82) is 0 Å². The van der Waals surface area contributed by atoms with Gasteiger partial charge in [-0.2, -0.15) is 0 Å². The van der Waals surface area contributed by atoms with Gasteiger partial charge in [0.25, 0.3) is 0 Å². The first-order valence-electron chi connectivity index (χ1n) is 18.8. The van der Waals surface area contributed by atoms with Gasteiger partial charge < -0.3 is 15.1 Å². The molecule has 0 aliphatic heterocycles. The van der Waals surface area contributed by atoms with Gasteiger partial charge in [0.15, 0.2) is 0 Å². The molecule has 2 aromatic carbocycles. The summed E-state index contributed by atoms with van der Waals surface area (Å²) < 4.78 is 16.1. The molecule has 0 spiro atoms. The Balaban J connectivity index is 1.16. The van der Waals surface area contributed by atoms with E-state index in [-0.39, 0.29) is 23.0 Å². The standard InChI is InChI=1S/C41H60FNO3/c1-3-4-5-6-7-13-25-43(38(46)20-15-18-30-16-10-8-11-17-30)26-14-9-12-19-31-27-32-28-33(44)21-22-34(32)40-36(42)29-41(2)35(39(31)40)23-24-37(41)45/h8,10-11,16-17,21-22,28,31,35-37,39-40,44-45H,3-7,9,12-15,18-20,23-27,29H2,1-2H3/t31?,35?,36?,37?,39?,40?,41-/m0/s1. The Kier molecular flexibility index (Phi) is 12.6. The molecule has 254 valence electrons. The Hall–Kier alpha value is -2.40. The quantitative estimate of drug-likeness (QED) is 0.171. The molecule has 3 aliphatic rings. The molecule has 1 amide bonds. The smallest absolute Gasteiger partial charge is 0.222 e. The Morgan fingerprint density at radius 1 is 0.935 bits per heavy atom. The summed E-state index contributed by atoms with van der Waals surface area (Å²) >= 11 is 0. The zero-order valence-electron chi connectivity index (χ0n) is 28.6. The third-order valence-electron chi connectivity index (χ3n) is 12.1. The number of nitrogens with zero attached hydrogens (tertiary/aromatic N) is 1. The van der Waals surface area contributed by atoms with Crippen LogP contribution >= 0.6 is 0 Å². The van der Waals surface area contributed by atoms with E-state index in [9.17, 15) is 15.0 Å². The molecule has 2 saturated carbocycles. The summed E-state index contributed by atoms with van der Waals surface area (Å²) in [4.78, 5) is 15.5. The summed E-state index contributed by atoms with van der Waals surface area (Å²) in [5.41, 5.74) is 3.16. The highest BCUT2D eigenvalue weighted by atomic mass is 19.1. The zero-order valence-corrected chi connectivity index (χ0v) is 28.6. The largest absolute Gasteiger partial charge is 0.508 e. The van der Waals surface area contributed by atoms with Gasteiger partial charge in [-0.3, -0.25) is 4.79 Å². The third kappa shape index (κ3) is 8.35. The van der Waals surface area contributed by atoms with Gasteiger partial charge in [0.1, 0.15) is 11.9 Å². The van der Waals surface area contributed by atoms with Crippen LogP contribution in [0.15, 0.2) is 48.5 Å². The lowest BCUT2D eigenvalue weighted by Gasteiger charge is -2.54. The van der Waals surface area contributed by atoms with Crippen LogP contribution in [0, 0.1) is 23.2 Å². The molecule has 0 saturated heterocycles. The van der Waals surface area contributed by atoms with Crippen LogP contribution in [0.25, 0.3) is 0 Å². The zero-order chi connectivity index (χ0) is 32.5. The summed E-state index contributed by atoms with van der Waals surface area (Å²) in [7, 11) is 0. The van der Waals surface area contributed by atoms with Gasteiger partial charge in [-0.05, 0) is 110 Å². The van der Waals surface area contributed by atoms with Crippen molar-refractivity contribution >= 4 is 5.91 Å². The number of rotatable bonds is 17. The number of amides is 1. The molecule has 2 aromatic rings. The number of fused-ring (bicyclic) bond motifs is 5. The first-order valence-corrected chi connectivity index (χ1v) is 18.8. The highest BCUT2D eigenvalue weighted by molar-refractivity contribution is 5.76. The first-order chi connectivity index (χ1) is 22.3. The van der Waals surface area contributed by atoms with Crippen molar-refractivity contribution in [2.24, 2.45) is 23.2 Å². The van der Waals surface area contributed by atoms with Crippen molar-refractivity contribution in [3.8, 4) is 5.75 Å². The lowest BCUT2D eigenvalue weighted by Crippen LogP contribution is -2.51. The maximum absolute atomic E-state index is 16.1. The van der Waals surface area contributed by atoms with E-state index in [4.69, 9.17) is 0 Å². The number of aromatic hydroxyl groups is 1. The highest BCUT2D eigenvalue weighted by Gasteiger charge is 2.59. The number of unbranched alkanes of at least 4 members (excludes halogenated alkanes) is 7. The molecule has 2 N–H and O–H groups in total. The minimum Gasteiger partial charge on any atom is -0.508 e. The summed E-state index contributed by atoms with van der Waals surface area (Å²) in [6.07, 6.45) is 15.7. The predicted octanol–water partition coefficient (Wildman–Crippen LogP) is 9.56. The van der Waals surface area contributed by atoms with E-state index in [1.807, 2.05) is 18.2 Å². The van der Waals surface area contributed by atoms with Gasteiger partial charge in [0.2, 0.25) is 5.91 Å². The maximum atomic E-state index is 16.1. The van der Waals surface area contributed by atoms with Gasteiger partial charge in [-0.15, -0.1) is 0 Å². The molecule has 0 radical (unpaired) electrons. The Labute approximate surface area is 278 Å². The molecular weight excluding hydrogens is 573 g/mol. The topological polar surface area (TPSA) is 60.8 Å². The third-order valence-corrected chi connectivity index (χ3v) is 12.1. The Bertz CT molecular complexity index is 1240. The predicted molar refractivity (Wildman–Crippen MR) is 186 cm³/mol. The second-order valence-corrected chi connectivity index (χ2v) is 15.2. The average Bonchev–Trinajstić information content (AvgIpc) is 3.34. The molecule has 5 heteroatoms. The minimum atomic E-state index is -0.964. The number of aryl methyl sites for hydroxylation is 1. The molecular formula is C41H60FNO3. The minimum absolute atomic E-state index is 0.140. The summed E-state index contributed by atoms with van der Waals surface area (Å²) in [6, 6.07) is 16.0. The van der Waals surface area contributed by atoms with Gasteiger partial charge in [-0.1, -0.05) is 95.2 Å². The van der Waals surface area contributed by atoms with Crippen LogP contribution in [-0.2, 0) is 17.6 Å². The van der Waals surface area contributed by atoms with Gasteiger partial charge >= 0.3 is 0 Å². The number of phenols is 1. The lowest BCUT2D eigenvalue weighted by atomic mass is 9.51. The van der Waals surface area contributed by atoms with Crippen molar-refractivity contribution in [3.05, 3.63) is 65.2 Å². The fourth-order valence-corrected chi connectivity index (χ4v) is 9.61. The molecule has 2 fully saturated rings. The van der Waals surface area contributed by atoms with Crippen molar-refractivity contribution in [2.45, 2.75) is 141 Å². The highest BCUT2D eigenvalue weighted by Crippen LogP contribution is 2.63. The number of halogens is 1. The van der Waals surface area contributed by atoms with E-state index < -0.39 is 12.3 Å². The maximum Gasteiger partial charge on any atom is 0.222 e. The van der Waals surface area contributed by atoms with Crippen molar-refractivity contribution in [1.82, 2.24) is 4.90 Å². The summed E-state index contributed by atoms with van der Waals surface area (Å²) in [5.74, 6) is 1.35. The number of aliphatic hydroxyl groups is 1. The average molecular weight is 634 g/mol. The van der Waals surface area contributed by atoms with E-state index in [0.717, 1.165) is 88.4 Å². The van der Waals surface area contributed by atoms with Gasteiger partial charge in [0.05, 0.1) is 6.10 Å². The van der Waals surface area contributed by atoms with E-state index in [0.29, 0.717) is 30.6 Å². The summed E-state index contributed by atoms with van der Waals surface area (Å²) in [5, 5.41) is 21.2. The molecule has 7 atom stereocenters. The molecule has 4 nitrogen and oxygen atoms in total. The fourth-order valence-electron chi connectivity index (χ4n) is 9.61. The van der Waals surface area contributed by atoms with Crippen LogP contribution in [0.1, 0.15) is 133 Å². The molecule has 0 heterocycles. The van der Waals surface area contributed by atoms with E-state index in [1.54, 1.807) is 6.07 Å². The van der Waals surface area contributed by atoms with Gasteiger partial charge in [-0.25, -0.2) is 4.39 Å². The van der Waals surface area contributed by atoms with Crippen LogP contribution in [0.3, 0.4) is 0 Å². The van der Waals surface area contributed by atoms with Crippen molar-refractivity contribution in [2.75, 3.05) is 13.1 Å². The number of hydrogen-bond acceptors (Lipinski definition) is 3. The number of carbonyl (C=O) groups excluding carboxylic acids is 1. The molecule has 0 aromatic heterocycles. The van der Waals surface area contributed by atoms with Gasteiger partial charge in [0, 0.05) is 25.4 Å². The number of benzene rings is 2. The number of phenolic OH excluding ortho intramolecular Hbond substituents is 1. The molecule has 46 heavy (non-hydrogen) atoms. The molecule has 0 bridgehead atoms. The Morgan fingerprint density at radius 3 is 2.41 bits per heavy atom. The van der Waals surface area contributed by atoms with Crippen LogP contribution < -0.4 is 0 Å². The number of hydrogen-bond donors (Lipinski definition) is 2. The van der Waals surface area contributed by atoms with Crippen LogP contribution in [-0.4, -0.2) is 46.4 Å². The normalized spacial score (nSPS) is 28.3. The van der Waals surface area contributed by atoms with Crippen molar-refractivity contribution < 1.29 is 19.4 Å². The van der Waals surface area contributed by atoms with E-state index >= 15 is 4.39 Å². The van der Waals surface area contributed by atoms with Crippen LogP contribution in [0.2, 0.25) is 0 Å². The lowest BCUT2D eigenvalue weighted by molar-refractivity contribution is -0.131. The van der Waals surface area contributed by atoms with Crippen molar-refractivity contribution in [3.63, 3.8) is 0 Å². The molecule has 6 unspecified atom stereocenters. The van der Waals surface area contributed by atoms with E-state index in [2.05, 4.69) is 43.0 Å². The second-order valence-electron chi connectivity index (χ2n) is 15.2. The van der Waals surface area contributed by atoms with Crippen LogP contribution in [0.4, 0.5) is 4.39 Å². The number of alkyl halides is 1. The Morgan fingerprint density at radius 2 is 1.65 bits per heavy atom. The van der Waals surface area contributed by atoms with E-state index in [1.165, 1.54) is 37.7 Å². The number of aliphatic hydroxyl groups excluding tert-OH is 1. The monoisotopic (exact) mass is 633 g/mol. The summed E-state index contributed by atoms with van der Waals surface area (Å²) in [6.45, 7) is 6.07. The SMILES string of the molecule is CCCCCCCCN(CCCCCC1Cc2cc(O)ccc2C2C(F)C[C@]3(C)C(O)CCC3C12)C(=O)CCCc1ccccc1. The number of carbonyl (C=O) groups is 1. The fraction of sp³-hybridized carbons (Fsp3) is 0.683. The molecule has 3 aliphatic carbocycles. The van der Waals surface area contributed by atoms with Crippen LogP contribution in [0.5, 0.6) is 5.75 Å². The first kappa shape index (κ1) is 34.9.